The molecule has 11 heavy (non-hydrogen) atoms. The Bertz CT molecular complexity index is 250. The van der Waals surface area contributed by atoms with Crippen LogP contribution in [0.1, 0.15) is 5.56 Å². The molecule has 0 aliphatic rings. The van der Waals surface area contributed by atoms with Gasteiger partial charge in [-0.1, -0.05) is 0 Å². The van der Waals surface area contributed by atoms with E-state index < -0.39 is 0 Å². The number of hydrogen-bond acceptors (Lipinski definition) is 2. The quantitative estimate of drug-likeness (QED) is 0.613. The molecule has 0 aliphatic carbocycles. The van der Waals surface area contributed by atoms with Crippen LogP contribution < -0.4 is 11.3 Å². The molecule has 0 aliphatic heterocycles. The second-order valence-electron chi connectivity index (χ2n) is 2.25. The van der Waals surface area contributed by atoms with Gasteiger partial charge in [0.15, 0.2) is 0 Å². The van der Waals surface area contributed by atoms with Crippen molar-refractivity contribution in [1.29, 1.82) is 0 Å². The molecule has 60 valence electrons. The van der Waals surface area contributed by atoms with Gasteiger partial charge in [0.1, 0.15) is 0 Å². The number of anilines is 1. The first-order valence-corrected chi connectivity index (χ1v) is 4.66. The predicted octanol–water partition coefficient (Wildman–Crippen LogP) is 2.81. The number of nitrogen functional groups attached to an aromatic ring is 1. The van der Waals surface area contributed by atoms with Crippen LogP contribution in [0.3, 0.4) is 0 Å². The van der Waals surface area contributed by atoms with E-state index in [2.05, 4.69) is 37.3 Å². The van der Waals surface area contributed by atoms with Gasteiger partial charge in [0, 0.05) is 8.95 Å². The van der Waals surface area contributed by atoms with Crippen LogP contribution in [0.15, 0.2) is 21.1 Å². The van der Waals surface area contributed by atoms with Gasteiger partial charge in [0.25, 0.3) is 0 Å². The molecule has 1 rings (SSSR count). The lowest BCUT2D eigenvalue weighted by atomic mass is 10.2. The Morgan fingerprint density at radius 3 is 2.09 bits per heavy atom. The zero-order valence-electron chi connectivity index (χ0n) is 5.99. The summed E-state index contributed by atoms with van der Waals surface area (Å²) in [5.41, 5.74) is 4.65. The highest BCUT2D eigenvalue weighted by atomic mass is 79.9. The summed E-state index contributed by atoms with van der Waals surface area (Å²) >= 11 is 6.77. The molecule has 0 fully saturated rings. The summed E-state index contributed by atoms with van der Waals surface area (Å²) in [6, 6.07) is 4.00. The standard InChI is InChI=1S/C7H8Br2N2/c1-4-2-5(8)7(11-10)6(9)3-4/h2-3,11H,10H2,1H3. The molecular weight excluding hydrogens is 272 g/mol. The van der Waals surface area contributed by atoms with Gasteiger partial charge in [0.2, 0.25) is 0 Å². The number of halogens is 2. The summed E-state index contributed by atoms with van der Waals surface area (Å²) in [6.45, 7) is 2.02. The van der Waals surface area contributed by atoms with Gasteiger partial charge in [-0.3, -0.25) is 5.84 Å². The number of aryl methyl sites for hydroxylation is 1. The maximum absolute atomic E-state index is 5.29. The van der Waals surface area contributed by atoms with Gasteiger partial charge in [-0.25, -0.2) is 0 Å². The van der Waals surface area contributed by atoms with E-state index in [0.29, 0.717) is 0 Å². The van der Waals surface area contributed by atoms with Crippen molar-refractivity contribution in [2.75, 3.05) is 5.43 Å². The monoisotopic (exact) mass is 278 g/mol. The first-order valence-electron chi connectivity index (χ1n) is 3.07. The van der Waals surface area contributed by atoms with Crippen molar-refractivity contribution < 1.29 is 0 Å². The first-order chi connectivity index (χ1) is 5.15. The van der Waals surface area contributed by atoms with Gasteiger partial charge in [-0.2, -0.15) is 0 Å². The smallest absolute Gasteiger partial charge is 0.0771 e. The Labute approximate surface area is 82.4 Å². The molecular formula is C7H8Br2N2. The Balaban J connectivity index is 3.25. The number of nitrogens with one attached hydrogen (secondary N) is 1. The van der Waals surface area contributed by atoms with Crippen LogP contribution in [0.2, 0.25) is 0 Å². The topological polar surface area (TPSA) is 38.0 Å². The van der Waals surface area contributed by atoms with Crippen molar-refractivity contribution >= 4 is 37.5 Å². The van der Waals surface area contributed by atoms with Gasteiger partial charge in [0.05, 0.1) is 5.69 Å². The minimum atomic E-state index is 0.871. The Hall–Kier alpha value is -0.0600. The van der Waals surface area contributed by atoms with Crippen LogP contribution in [0.25, 0.3) is 0 Å². The molecule has 0 bridgehead atoms. The lowest BCUT2D eigenvalue weighted by Gasteiger charge is -2.06. The zero-order valence-corrected chi connectivity index (χ0v) is 9.16. The molecule has 0 radical (unpaired) electrons. The summed E-state index contributed by atoms with van der Waals surface area (Å²) in [6.07, 6.45) is 0. The van der Waals surface area contributed by atoms with E-state index in [1.807, 2.05) is 19.1 Å². The molecule has 4 heteroatoms. The van der Waals surface area contributed by atoms with Gasteiger partial charge in [-0.05, 0) is 56.5 Å². The SMILES string of the molecule is Cc1cc(Br)c(NN)c(Br)c1. The summed E-state index contributed by atoms with van der Waals surface area (Å²) in [4.78, 5) is 0. The van der Waals surface area contributed by atoms with Crippen LogP contribution in [-0.4, -0.2) is 0 Å². The van der Waals surface area contributed by atoms with E-state index in [-0.39, 0.29) is 0 Å². The maximum Gasteiger partial charge on any atom is 0.0771 e. The number of benzene rings is 1. The third-order valence-electron chi connectivity index (χ3n) is 1.33. The second kappa shape index (κ2) is 3.56. The summed E-state index contributed by atoms with van der Waals surface area (Å²) < 4.78 is 1.93. The lowest BCUT2D eigenvalue weighted by Crippen LogP contribution is -2.08. The highest BCUT2D eigenvalue weighted by Crippen LogP contribution is 2.31. The normalized spacial score (nSPS) is 9.82. The summed E-state index contributed by atoms with van der Waals surface area (Å²) in [5.74, 6) is 5.29. The van der Waals surface area contributed by atoms with Gasteiger partial charge < -0.3 is 5.43 Å². The summed E-state index contributed by atoms with van der Waals surface area (Å²) in [7, 11) is 0. The molecule has 2 nitrogen and oxygen atoms in total. The van der Waals surface area contributed by atoms with Crippen molar-refractivity contribution in [3.8, 4) is 0 Å². The first kappa shape index (κ1) is 9.03. The van der Waals surface area contributed by atoms with Gasteiger partial charge in [-0.15, -0.1) is 0 Å². The van der Waals surface area contributed by atoms with Crippen LogP contribution in [0.5, 0.6) is 0 Å². The van der Waals surface area contributed by atoms with Crippen LogP contribution in [0, 0.1) is 6.92 Å². The minimum Gasteiger partial charge on any atom is -0.322 e. The third kappa shape index (κ3) is 1.95. The van der Waals surface area contributed by atoms with Crippen molar-refractivity contribution in [3.05, 3.63) is 26.6 Å². The van der Waals surface area contributed by atoms with Crippen LogP contribution >= 0.6 is 31.9 Å². The number of nitrogens with two attached hydrogens (primary N) is 1. The number of hydrogen-bond donors (Lipinski definition) is 2. The number of hydrazine groups is 1. The maximum atomic E-state index is 5.29. The van der Waals surface area contributed by atoms with E-state index in [4.69, 9.17) is 5.84 Å². The van der Waals surface area contributed by atoms with Crippen LogP contribution in [-0.2, 0) is 0 Å². The fraction of sp³-hybridized carbons (Fsp3) is 0.143. The van der Waals surface area contributed by atoms with E-state index in [1.165, 1.54) is 5.56 Å². The summed E-state index contributed by atoms with van der Waals surface area (Å²) in [5, 5.41) is 0. The van der Waals surface area contributed by atoms with Crippen molar-refractivity contribution in [3.63, 3.8) is 0 Å². The van der Waals surface area contributed by atoms with Crippen molar-refractivity contribution in [1.82, 2.24) is 0 Å². The predicted molar refractivity (Wildman–Crippen MR) is 54.4 cm³/mol. The molecule has 0 saturated heterocycles. The van der Waals surface area contributed by atoms with E-state index in [0.717, 1.165) is 14.6 Å². The molecule has 0 saturated carbocycles. The molecule has 0 aromatic heterocycles. The van der Waals surface area contributed by atoms with Crippen LogP contribution in [0.4, 0.5) is 5.69 Å². The van der Waals surface area contributed by atoms with E-state index in [9.17, 15) is 0 Å². The number of rotatable bonds is 1. The van der Waals surface area contributed by atoms with Crippen molar-refractivity contribution in [2.45, 2.75) is 6.92 Å². The highest BCUT2D eigenvalue weighted by molar-refractivity contribution is 9.11. The minimum absolute atomic E-state index is 0.871. The molecule has 3 N–H and O–H groups in total. The molecule has 0 heterocycles. The highest BCUT2D eigenvalue weighted by Gasteiger charge is 2.02. The third-order valence-corrected chi connectivity index (χ3v) is 2.58. The van der Waals surface area contributed by atoms with Gasteiger partial charge >= 0.3 is 0 Å². The largest absolute Gasteiger partial charge is 0.322 e. The van der Waals surface area contributed by atoms with E-state index in [1.54, 1.807) is 0 Å². The zero-order chi connectivity index (χ0) is 8.43. The lowest BCUT2D eigenvalue weighted by molar-refractivity contribution is 1.31. The molecule has 1 aromatic rings. The Morgan fingerprint density at radius 2 is 1.73 bits per heavy atom. The fourth-order valence-electron chi connectivity index (χ4n) is 0.838. The average Bonchev–Trinajstić information content (AvgIpc) is 1.85. The Morgan fingerprint density at radius 1 is 1.27 bits per heavy atom. The molecule has 0 amide bonds. The molecule has 1 aromatic carbocycles. The fourth-order valence-corrected chi connectivity index (χ4v) is 2.48. The molecule has 0 unspecified atom stereocenters. The van der Waals surface area contributed by atoms with E-state index >= 15 is 0 Å². The second-order valence-corrected chi connectivity index (χ2v) is 3.96. The van der Waals surface area contributed by atoms with Crippen molar-refractivity contribution in [2.24, 2.45) is 5.84 Å². The molecule has 0 spiro atoms. The average molecular weight is 280 g/mol. The molecule has 0 atom stereocenters. The Kier molecular flexibility index (Phi) is 2.92.